The minimum absolute atomic E-state index is 0.134. The van der Waals surface area contributed by atoms with Crippen LogP contribution >= 0.6 is 0 Å². The summed E-state index contributed by atoms with van der Waals surface area (Å²) >= 11 is 0. The van der Waals surface area contributed by atoms with Crippen molar-refractivity contribution in [1.82, 2.24) is 29.8 Å². The Balaban J connectivity index is 1.35. The number of halogens is 3. The van der Waals surface area contributed by atoms with Crippen molar-refractivity contribution in [3.8, 4) is 22.4 Å². The fourth-order valence-electron chi connectivity index (χ4n) is 4.21. The van der Waals surface area contributed by atoms with E-state index in [-0.39, 0.29) is 6.42 Å². The highest BCUT2D eigenvalue weighted by Gasteiger charge is 2.27. The van der Waals surface area contributed by atoms with Gasteiger partial charge in [0.1, 0.15) is 12.2 Å². The molecule has 1 fully saturated rings. The van der Waals surface area contributed by atoms with Crippen LogP contribution in [0.15, 0.2) is 61.2 Å². The molecule has 1 aliphatic rings. The van der Waals surface area contributed by atoms with E-state index in [9.17, 15) is 18.0 Å². The van der Waals surface area contributed by atoms with Gasteiger partial charge < -0.3 is 10.6 Å². The molecule has 0 bridgehead atoms. The number of hydrogen-bond donors (Lipinski definition) is 2. The van der Waals surface area contributed by atoms with Crippen molar-refractivity contribution in [2.45, 2.75) is 25.1 Å². The predicted molar refractivity (Wildman–Crippen MR) is 121 cm³/mol. The summed E-state index contributed by atoms with van der Waals surface area (Å²) in [6.07, 6.45) is 4.10. The minimum atomic E-state index is -4.43. The summed E-state index contributed by atoms with van der Waals surface area (Å²) < 4.78 is 40.9. The number of aromatic nitrogens is 4. The molecule has 0 radical (unpaired) electrons. The molecule has 2 N–H and O–H groups in total. The second-order valence-corrected chi connectivity index (χ2v) is 8.41. The largest absolute Gasteiger partial charge is 0.405 e. The van der Waals surface area contributed by atoms with Crippen LogP contribution in [0.4, 0.5) is 13.2 Å². The molecule has 1 saturated heterocycles. The number of amides is 1. The Morgan fingerprint density at radius 2 is 2.03 bits per heavy atom. The lowest BCUT2D eigenvalue weighted by atomic mass is 10.1. The number of hydrogen-bond acceptors (Lipinski definition) is 4. The molecular formula is C24H23F3N6O. The highest BCUT2D eigenvalue weighted by molar-refractivity contribution is 5.79. The fourth-order valence-corrected chi connectivity index (χ4v) is 4.21. The van der Waals surface area contributed by atoms with Crippen LogP contribution in [0.25, 0.3) is 28.0 Å². The van der Waals surface area contributed by atoms with E-state index < -0.39 is 18.6 Å². The first-order valence-electron chi connectivity index (χ1n) is 11.0. The van der Waals surface area contributed by atoms with E-state index in [0.29, 0.717) is 11.6 Å². The van der Waals surface area contributed by atoms with E-state index in [0.717, 1.165) is 47.5 Å². The van der Waals surface area contributed by atoms with Gasteiger partial charge in [-0.25, -0.2) is 4.98 Å². The first kappa shape index (κ1) is 22.1. The number of pyridine rings is 1. The minimum Gasteiger partial charge on any atom is -0.347 e. The smallest absolute Gasteiger partial charge is 0.347 e. The quantitative estimate of drug-likeness (QED) is 0.453. The number of nitrogens with zero attached hydrogens (tertiary/aromatic N) is 4. The van der Waals surface area contributed by atoms with Gasteiger partial charge in [-0.15, -0.1) is 0 Å². The van der Waals surface area contributed by atoms with Crippen molar-refractivity contribution < 1.29 is 18.0 Å². The number of imidazole rings is 1. The maximum absolute atomic E-state index is 12.3. The molecule has 10 heteroatoms. The third kappa shape index (κ3) is 4.81. The van der Waals surface area contributed by atoms with Crippen molar-refractivity contribution >= 4 is 11.6 Å². The molecule has 0 spiro atoms. The SMILES string of the molecule is O=C(Cc1cccc(-c2cnc3cc(-c4cnn(C5CCNC5)c4)ccn23)c1)NCC(F)(F)F. The van der Waals surface area contributed by atoms with Crippen molar-refractivity contribution in [2.75, 3.05) is 19.6 Å². The summed E-state index contributed by atoms with van der Waals surface area (Å²) in [6.45, 7) is 0.590. The second-order valence-electron chi connectivity index (χ2n) is 8.41. The van der Waals surface area contributed by atoms with Crippen LogP contribution < -0.4 is 10.6 Å². The van der Waals surface area contributed by atoms with E-state index in [1.165, 1.54) is 0 Å². The average molecular weight is 468 g/mol. The third-order valence-electron chi connectivity index (χ3n) is 5.93. The Kier molecular flexibility index (Phi) is 5.82. The normalized spacial score (nSPS) is 16.3. The van der Waals surface area contributed by atoms with E-state index >= 15 is 0 Å². The van der Waals surface area contributed by atoms with Gasteiger partial charge in [0, 0.05) is 30.1 Å². The van der Waals surface area contributed by atoms with Gasteiger partial charge in [0.25, 0.3) is 0 Å². The maximum atomic E-state index is 12.3. The number of alkyl halides is 3. The molecule has 3 aromatic heterocycles. The first-order valence-corrected chi connectivity index (χ1v) is 11.0. The summed E-state index contributed by atoms with van der Waals surface area (Å²) in [4.78, 5) is 16.4. The van der Waals surface area contributed by atoms with E-state index in [1.54, 1.807) is 24.4 Å². The van der Waals surface area contributed by atoms with Gasteiger partial charge in [-0.05, 0) is 42.3 Å². The van der Waals surface area contributed by atoms with Crippen molar-refractivity contribution in [1.29, 1.82) is 0 Å². The molecule has 1 aromatic carbocycles. The summed E-state index contributed by atoms with van der Waals surface area (Å²) in [5.74, 6) is -0.675. The van der Waals surface area contributed by atoms with Gasteiger partial charge in [0.15, 0.2) is 0 Å². The molecule has 1 aliphatic heterocycles. The van der Waals surface area contributed by atoms with E-state index in [1.807, 2.05) is 45.0 Å². The van der Waals surface area contributed by atoms with Crippen LogP contribution in [0.2, 0.25) is 0 Å². The number of carbonyl (C=O) groups is 1. The Bertz CT molecular complexity index is 1320. The van der Waals surface area contributed by atoms with Gasteiger partial charge in [0.2, 0.25) is 5.91 Å². The Morgan fingerprint density at radius 3 is 2.82 bits per heavy atom. The van der Waals surface area contributed by atoms with Gasteiger partial charge >= 0.3 is 6.18 Å². The Hall–Kier alpha value is -3.66. The lowest BCUT2D eigenvalue weighted by molar-refractivity contribution is -0.138. The van der Waals surface area contributed by atoms with Crippen LogP contribution in [-0.2, 0) is 11.2 Å². The van der Waals surface area contributed by atoms with Crippen LogP contribution in [0.3, 0.4) is 0 Å². The monoisotopic (exact) mass is 468 g/mol. The van der Waals surface area contributed by atoms with Crippen LogP contribution in [0.5, 0.6) is 0 Å². The Labute approximate surface area is 193 Å². The summed E-state index contributed by atoms with van der Waals surface area (Å²) in [5.41, 5.74) is 5.06. The van der Waals surface area contributed by atoms with E-state index in [4.69, 9.17) is 0 Å². The average Bonchev–Trinajstić information content (AvgIpc) is 3.57. The second kappa shape index (κ2) is 8.94. The lowest BCUT2D eigenvalue weighted by Gasteiger charge is -2.09. The molecule has 7 nitrogen and oxygen atoms in total. The summed E-state index contributed by atoms with van der Waals surface area (Å²) in [7, 11) is 0. The molecule has 1 atom stereocenters. The highest BCUT2D eigenvalue weighted by atomic mass is 19.4. The van der Waals surface area contributed by atoms with Gasteiger partial charge in [0.05, 0.1) is 30.6 Å². The van der Waals surface area contributed by atoms with Crippen molar-refractivity contribution in [3.05, 3.63) is 66.7 Å². The number of rotatable bonds is 6. The fraction of sp³-hybridized carbons (Fsp3) is 0.292. The molecule has 34 heavy (non-hydrogen) atoms. The number of carbonyl (C=O) groups excluding carboxylic acids is 1. The molecule has 4 heterocycles. The van der Waals surface area contributed by atoms with Crippen LogP contribution in [-0.4, -0.2) is 50.9 Å². The predicted octanol–water partition coefficient (Wildman–Crippen LogP) is 3.62. The lowest BCUT2D eigenvalue weighted by Crippen LogP contribution is -2.34. The molecule has 1 amide bonds. The number of fused-ring (bicyclic) bond motifs is 1. The molecule has 4 aromatic rings. The summed E-state index contributed by atoms with van der Waals surface area (Å²) in [6, 6.07) is 11.5. The maximum Gasteiger partial charge on any atom is 0.405 e. The molecule has 0 aliphatic carbocycles. The standard InChI is InChI=1S/C24H23F3N6O/c25-24(26,27)15-30-23(34)9-16-2-1-3-18(8-16)21-13-29-22-10-17(5-7-32(21)22)19-11-31-33(14-19)20-4-6-28-12-20/h1-3,5,7-8,10-11,13-14,20,28H,4,6,9,12,15H2,(H,30,34). The zero-order valence-corrected chi connectivity index (χ0v) is 18.2. The molecule has 0 saturated carbocycles. The van der Waals surface area contributed by atoms with Gasteiger partial charge in [-0.3, -0.25) is 13.9 Å². The molecule has 176 valence electrons. The molecule has 1 unspecified atom stereocenters. The Morgan fingerprint density at radius 1 is 1.15 bits per heavy atom. The van der Waals surface area contributed by atoms with E-state index in [2.05, 4.69) is 21.6 Å². The van der Waals surface area contributed by atoms with Crippen LogP contribution in [0, 0.1) is 0 Å². The van der Waals surface area contributed by atoms with Gasteiger partial charge in [-0.1, -0.05) is 18.2 Å². The molecular weight excluding hydrogens is 445 g/mol. The van der Waals surface area contributed by atoms with Gasteiger partial charge in [-0.2, -0.15) is 18.3 Å². The van der Waals surface area contributed by atoms with Crippen LogP contribution in [0.1, 0.15) is 18.0 Å². The first-order chi connectivity index (χ1) is 16.4. The molecule has 5 rings (SSSR count). The highest BCUT2D eigenvalue weighted by Crippen LogP contribution is 2.27. The zero-order valence-electron chi connectivity index (χ0n) is 18.2. The number of nitrogens with one attached hydrogen (secondary N) is 2. The third-order valence-corrected chi connectivity index (χ3v) is 5.93. The topological polar surface area (TPSA) is 76.2 Å². The van der Waals surface area contributed by atoms with Crippen molar-refractivity contribution in [2.24, 2.45) is 0 Å². The zero-order chi connectivity index (χ0) is 23.7. The van der Waals surface area contributed by atoms with Crippen molar-refractivity contribution in [3.63, 3.8) is 0 Å². The summed E-state index contributed by atoms with van der Waals surface area (Å²) in [5, 5.41) is 9.77. The number of benzene rings is 1.